The summed E-state index contributed by atoms with van der Waals surface area (Å²) in [6.45, 7) is 9.79. The van der Waals surface area contributed by atoms with Gasteiger partial charge in [0.2, 0.25) is 0 Å². The quantitative estimate of drug-likeness (QED) is 0.854. The molecule has 1 heterocycles. The summed E-state index contributed by atoms with van der Waals surface area (Å²) in [5, 5.41) is 1.97. The molecule has 0 amide bonds. The van der Waals surface area contributed by atoms with E-state index in [0.29, 0.717) is 6.54 Å². The molecule has 1 aliphatic heterocycles. The highest BCUT2D eigenvalue weighted by Gasteiger charge is 2.27. The largest absolute Gasteiger partial charge is 0.318 e. The summed E-state index contributed by atoms with van der Waals surface area (Å²) in [6, 6.07) is 8.27. The van der Waals surface area contributed by atoms with Crippen LogP contribution in [0.25, 0.3) is 5.57 Å². The molecule has 1 aromatic rings. The van der Waals surface area contributed by atoms with Crippen LogP contribution >= 0.6 is 0 Å². The van der Waals surface area contributed by atoms with Gasteiger partial charge >= 0.3 is 0 Å². The average Bonchev–Trinajstić information content (AvgIpc) is 2.36. The smallest absolute Gasteiger partial charge is 0.120 e. The molecule has 0 aliphatic carbocycles. The highest BCUT2D eigenvalue weighted by atomic mass is 19.1. The Morgan fingerprint density at radius 3 is 2.78 bits per heavy atom. The molecule has 2 rings (SSSR count). The second kappa shape index (κ2) is 4.73. The maximum Gasteiger partial charge on any atom is 0.120 e. The van der Waals surface area contributed by atoms with Crippen LogP contribution in [0.15, 0.2) is 30.8 Å². The molecule has 1 N–H and O–H groups in total. The molecule has 1 aromatic carbocycles. The van der Waals surface area contributed by atoms with E-state index >= 15 is 0 Å². The van der Waals surface area contributed by atoms with E-state index in [1.807, 2.05) is 23.2 Å². The zero-order valence-electron chi connectivity index (χ0n) is 11.3. The maximum absolute atomic E-state index is 13.8. The van der Waals surface area contributed by atoms with Gasteiger partial charge in [0.15, 0.2) is 0 Å². The third-order valence-electron chi connectivity index (χ3n) is 3.19. The minimum Gasteiger partial charge on any atom is -0.318 e. The fourth-order valence-corrected chi connectivity index (χ4v) is 2.33. The van der Waals surface area contributed by atoms with E-state index in [2.05, 4.69) is 25.0 Å². The number of alkyl halides is 1. The van der Waals surface area contributed by atoms with Crippen LogP contribution in [0.1, 0.15) is 32.8 Å². The van der Waals surface area contributed by atoms with Gasteiger partial charge in [-0.05, 0) is 38.8 Å². The Morgan fingerprint density at radius 1 is 1.44 bits per heavy atom. The lowest BCUT2D eigenvalue weighted by Gasteiger charge is -2.32. The van der Waals surface area contributed by atoms with E-state index in [-0.39, 0.29) is 6.04 Å². The number of benzene rings is 1. The molecule has 18 heavy (non-hydrogen) atoms. The van der Waals surface area contributed by atoms with Crippen molar-refractivity contribution in [3.05, 3.63) is 36.4 Å². The third-order valence-corrected chi connectivity index (χ3v) is 3.19. The van der Waals surface area contributed by atoms with Gasteiger partial charge in [-0.3, -0.25) is 0 Å². The number of fused-ring (bicyclic) bond motifs is 1. The predicted molar refractivity (Wildman–Crippen MR) is 75.1 cm³/mol. The summed E-state index contributed by atoms with van der Waals surface area (Å²) in [5.41, 5.74) is 5.35. The zero-order chi connectivity index (χ0) is 13.3. The Kier molecular flexibility index (Phi) is 3.44. The van der Waals surface area contributed by atoms with E-state index in [1.165, 1.54) is 0 Å². The van der Waals surface area contributed by atoms with Crippen LogP contribution in [0.4, 0.5) is 10.1 Å². The van der Waals surface area contributed by atoms with E-state index in [1.54, 1.807) is 13.8 Å². The van der Waals surface area contributed by atoms with Gasteiger partial charge in [-0.2, -0.15) is 0 Å². The topological polar surface area (TPSA) is 15.3 Å². The first-order chi connectivity index (χ1) is 8.37. The van der Waals surface area contributed by atoms with Crippen LogP contribution in [0.2, 0.25) is 0 Å². The lowest BCUT2D eigenvalue weighted by molar-refractivity contribution is 0.120. The van der Waals surface area contributed by atoms with E-state index < -0.39 is 5.67 Å². The van der Waals surface area contributed by atoms with Crippen molar-refractivity contribution in [2.75, 3.05) is 12.0 Å². The van der Waals surface area contributed by atoms with Gasteiger partial charge in [0.25, 0.3) is 0 Å². The second-order valence-corrected chi connectivity index (χ2v) is 5.66. The summed E-state index contributed by atoms with van der Waals surface area (Å²) >= 11 is 0. The molecular weight excluding hydrogens is 227 g/mol. The number of hydrogen-bond donors (Lipinski definition) is 1. The van der Waals surface area contributed by atoms with Crippen LogP contribution in [0.3, 0.4) is 0 Å². The van der Waals surface area contributed by atoms with E-state index in [0.717, 1.165) is 23.2 Å². The van der Waals surface area contributed by atoms with Gasteiger partial charge in [0.1, 0.15) is 5.67 Å². The Balaban J connectivity index is 2.29. The first-order valence-corrected chi connectivity index (χ1v) is 6.36. The molecule has 1 aliphatic rings. The maximum atomic E-state index is 13.8. The van der Waals surface area contributed by atoms with Gasteiger partial charge in [-0.15, -0.1) is 0 Å². The first-order valence-electron chi connectivity index (χ1n) is 6.36. The minimum atomic E-state index is -1.22. The van der Waals surface area contributed by atoms with Gasteiger partial charge < -0.3 is 5.43 Å². The van der Waals surface area contributed by atoms with Crippen LogP contribution in [0, 0.1) is 0 Å². The van der Waals surface area contributed by atoms with Crippen molar-refractivity contribution in [1.29, 1.82) is 0 Å². The third kappa shape index (κ3) is 2.91. The van der Waals surface area contributed by atoms with Gasteiger partial charge in [-0.25, -0.2) is 9.40 Å². The molecule has 1 atom stereocenters. The van der Waals surface area contributed by atoms with E-state index in [9.17, 15) is 4.39 Å². The number of anilines is 1. The molecule has 0 radical (unpaired) electrons. The summed E-state index contributed by atoms with van der Waals surface area (Å²) in [6.07, 6.45) is 0.847. The molecule has 1 unspecified atom stereocenters. The molecule has 3 heteroatoms. The Morgan fingerprint density at radius 2 is 2.11 bits per heavy atom. The Bertz CT molecular complexity index is 448. The average molecular weight is 248 g/mol. The second-order valence-electron chi connectivity index (χ2n) is 5.66. The zero-order valence-corrected chi connectivity index (χ0v) is 11.3. The monoisotopic (exact) mass is 248 g/mol. The van der Waals surface area contributed by atoms with Crippen LogP contribution in [0.5, 0.6) is 0 Å². The SMILES string of the molecule is C=C1CC(C)N(CC(C)(C)F)Nc2ccccc21. The van der Waals surface area contributed by atoms with Crippen molar-refractivity contribution in [3.8, 4) is 0 Å². The molecule has 2 nitrogen and oxygen atoms in total. The summed E-state index contributed by atoms with van der Waals surface area (Å²) in [4.78, 5) is 0. The number of hydrazine groups is 1. The fraction of sp³-hybridized carbons (Fsp3) is 0.467. The summed E-state index contributed by atoms with van der Waals surface area (Å²) < 4.78 is 13.8. The standard InChI is InChI=1S/C15H21FN2/c1-11-9-12(2)18(10-15(3,4)16)17-14-8-6-5-7-13(11)14/h5-8,12,17H,1,9-10H2,2-4H3. The van der Waals surface area contributed by atoms with Crippen LogP contribution in [-0.2, 0) is 0 Å². The van der Waals surface area contributed by atoms with E-state index in [4.69, 9.17) is 0 Å². The number of rotatable bonds is 2. The van der Waals surface area contributed by atoms with Crippen LogP contribution in [-0.4, -0.2) is 23.3 Å². The first kappa shape index (κ1) is 13.1. The molecule has 0 aromatic heterocycles. The fourth-order valence-electron chi connectivity index (χ4n) is 2.33. The predicted octanol–water partition coefficient (Wildman–Crippen LogP) is 3.87. The van der Waals surface area contributed by atoms with Gasteiger partial charge in [-0.1, -0.05) is 24.8 Å². The number of halogens is 1. The molecule has 0 saturated carbocycles. The molecule has 0 saturated heterocycles. The van der Waals surface area contributed by atoms with Crippen LogP contribution < -0.4 is 5.43 Å². The lowest BCUT2D eigenvalue weighted by Crippen LogP contribution is -2.44. The molecule has 0 bridgehead atoms. The Labute approximate surface area is 108 Å². The number of nitrogens with one attached hydrogen (secondary N) is 1. The molecule has 98 valence electrons. The van der Waals surface area contributed by atoms with Crippen molar-refractivity contribution >= 4 is 11.3 Å². The summed E-state index contributed by atoms with van der Waals surface area (Å²) in [7, 11) is 0. The van der Waals surface area contributed by atoms with Crippen molar-refractivity contribution in [2.24, 2.45) is 0 Å². The van der Waals surface area contributed by atoms with Crippen molar-refractivity contribution < 1.29 is 4.39 Å². The minimum absolute atomic E-state index is 0.222. The highest BCUT2D eigenvalue weighted by molar-refractivity contribution is 5.75. The highest BCUT2D eigenvalue weighted by Crippen LogP contribution is 2.32. The lowest BCUT2D eigenvalue weighted by atomic mass is 10.0. The molecule has 0 spiro atoms. The van der Waals surface area contributed by atoms with Crippen molar-refractivity contribution in [2.45, 2.75) is 38.9 Å². The number of para-hydroxylation sites is 1. The van der Waals surface area contributed by atoms with Gasteiger partial charge in [0, 0.05) is 11.6 Å². The van der Waals surface area contributed by atoms with Gasteiger partial charge in [0.05, 0.1) is 12.2 Å². The van der Waals surface area contributed by atoms with Crippen molar-refractivity contribution in [1.82, 2.24) is 5.01 Å². The Hall–Kier alpha value is -1.35. The number of nitrogens with zero attached hydrogens (tertiary/aromatic N) is 1. The number of hydrogen-bond acceptors (Lipinski definition) is 2. The normalized spacial score (nSPS) is 21.1. The molecule has 0 fully saturated rings. The summed E-state index contributed by atoms with van der Waals surface area (Å²) in [5.74, 6) is 0. The van der Waals surface area contributed by atoms with Crippen molar-refractivity contribution in [3.63, 3.8) is 0 Å². The molecular formula is C15H21FN2.